The number of benzene rings is 3. The largest absolute Gasteiger partial charge is 0.490 e. The first kappa shape index (κ1) is 35.0. The van der Waals surface area contributed by atoms with Crippen LogP contribution >= 0.6 is 0 Å². The summed E-state index contributed by atoms with van der Waals surface area (Å²) < 4.78 is 22.4. The number of amides is 2. The van der Waals surface area contributed by atoms with E-state index in [4.69, 9.17) is 18.9 Å². The van der Waals surface area contributed by atoms with E-state index < -0.39 is 29.2 Å². The van der Waals surface area contributed by atoms with Crippen LogP contribution in [0.1, 0.15) is 42.1 Å². The Hall–Kier alpha value is -5.89. The lowest BCUT2D eigenvalue weighted by Gasteiger charge is -2.28. The number of methoxy groups -OCH3 is 1. The molecule has 1 aliphatic heterocycles. The third-order valence-corrected chi connectivity index (χ3v) is 7.10. The standard InChI is InChI=1S/C34H37N5O9/c1-5-7-24-16-23(10-14-27(24)47-19-22-8-12-26(13-9-22)39(43)44)18-35-38-30(40)20-48-28-15-11-25(17-29(28)46-6-2)32-31(33(41)45-4)21(3)36-34(42)37-32/h5,8-18,30,32,38,40H,1,6-7,19-20H2,2-4H3,(H2,36,37,42)/b35-18-/t30-,32+/m0/s1. The summed E-state index contributed by atoms with van der Waals surface area (Å²) in [4.78, 5) is 35.1. The molecule has 3 aromatic carbocycles. The van der Waals surface area contributed by atoms with E-state index in [1.165, 1.54) is 25.5 Å². The third-order valence-electron chi connectivity index (χ3n) is 7.10. The lowest BCUT2D eigenvalue weighted by atomic mass is 9.95. The molecule has 2 atom stereocenters. The van der Waals surface area contributed by atoms with E-state index in [9.17, 15) is 24.8 Å². The van der Waals surface area contributed by atoms with Crippen molar-refractivity contribution >= 4 is 23.9 Å². The fourth-order valence-electron chi connectivity index (χ4n) is 4.83. The summed E-state index contributed by atoms with van der Waals surface area (Å²) in [6.07, 6.45) is 2.65. The number of aliphatic hydroxyl groups excluding tert-OH is 1. The van der Waals surface area contributed by atoms with E-state index in [2.05, 4.69) is 27.7 Å². The first-order chi connectivity index (χ1) is 23.1. The molecule has 0 radical (unpaired) electrons. The molecular weight excluding hydrogens is 622 g/mol. The maximum Gasteiger partial charge on any atom is 0.337 e. The van der Waals surface area contributed by atoms with Crippen molar-refractivity contribution < 1.29 is 38.6 Å². The van der Waals surface area contributed by atoms with E-state index in [1.807, 2.05) is 6.07 Å². The molecule has 4 N–H and O–H groups in total. The minimum Gasteiger partial charge on any atom is -0.490 e. The van der Waals surface area contributed by atoms with Crippen LogP contribution in [0, 0.1) is 10.1 Å². The molecule has 4 rings (SSSR count). The molecule has 0 spiro atoms. The molecule has 0 unspecified atom stereocenters. The number of aliphatic hydroxyl groups is 1. The number of ether oxygens (including phenoxy) is 4. The van der Waals surface area contributed by atoms with Crippen molar-refractivity contribution in [2.75, 3.05) is 20.3 Å². The molecule has 3 aromatic rings. The number of carbonyl (C=O) groups excluding carboxylic acids is 2. The van der Waals surface area contributed by atoms with Crippen molar-refractivity contribution in [1.29, 1.82) is 0 Å². The van der Waals surface area contributed by atoms with Gasteiger partial charge >= 0.3 is 12.0 Å². The number of nitro benzene ring substituents is 1. The van der Waals surface area contributed by atoms with Crippen LogP contribution < -0.4 is 30.3 Å². The van der Waals surface area contributed by atoms with Gasteiger partial charge in [-0.1, -0.05) is 12.1 Å². The number of hydrazone groups is 1. The number of esters is 1. The van der Waals surface area contributed by atoms with Gasteiger partial charge in [0.25, 0.3) is 5.69 Å². The second-order valence-electron chi connectivity index (χ2n) is 10.5. The topological polar surface area (TPSA) is 183 Å². The van der Waals surface area contributed by atoms with Gasteiger partial charge < -0.3 is 34.7 Å². The molecule has 0 aliphatic carbocycles. The average Bonchev–Trinajstić information content (AvgIpc) is 3.07. The third kappa shape index (κ3) is 9.10. The summed E-state index contributed by atoms with van der Waals surface area (Å²) in [6.45, 7) is 7.60. The molecule has 0 saturated carbocycles. The lowest BCUT2D eigenvalue weighted by Crippen LogP contribution is -2.45. The van der Waals surface area contributed by atoms with Crippen LogP contribution in [0.4, 0.5) is 10.5 Å². The fourth-order valence-corrected chi connectivity index (χ4v) is 4.83. The lowest BCUT2D eigenvalue weighted by molar-refractivity contribution is -0.384. The minimum absolute atomic E-state index is 0.0130. The van der Waals surface area contributed by atoms with Gasteiger partial charge in [-0.05, 0) is 85.0 Å². The number of nitrogens with one attached hydrogen (secondary N) is 3. The van der Waals surface area contributed by atoms with Crippen LogP contribution in [0.2, 0.25) is 0 Å². The quantitative estimate of drug-likeness (QED) is 0.0429. The maximum absolute atomic E-state index is 12.5. The number of carbonyl (C=O) groups is 2. The Bertz CT molecular complexity index is 1710. The number of urea groups is 1. The van der Waals surface area contributed by atoms with Crippen LogP contribution in [0.15, 0.2) is 89.7 Å². The van der Waals surface area contributed by atoms with Crippen molar-refractivity contribution in [3.63, 3.8) is 0 Å². The van der Waals surface area contributed by atoms with Crippen LogP contribution in [0.25, 0.3) is 0 Å². The van der Waals surface area contributed by atoms with E-state index in [0.29, 0.717) is 41.5 Å². The van der Waals surface area contributed by atoms with Gasteiger partial charge in [0, 0.05) is 17.8 Å². The molecule has 0 bridgehead atoms. The number of allylic oxidation sites excluding steroid dienone is 2. The Balaban J connectivity index is 1.37. The Morgan fingerprint density at radius 2 is 1.85 bits per heavy atom. The van der Waals surface area contributed by atoms with Gasteiger partial charge in [0.15, 0.2) is 17.7 Å². The highest BCUT2D eigenvalue weighted by atomic mass is 16.6. The molecule has 48 heavy (non-hydrogen) atoms. The first-order valence-corrected chi connectivity index (χ1v) is 15.0. The number of nitrogens with zero attached hydrogens (tertiary/aromatic N) is 2. The molecular formula is C34H37N5O9. The Morgan fingerprint density at radius 3 is 2.54 bits per heavy atom. The second kappa shape index (κ2) is 16.6. The van der Waals surface area contributed by atoms with Crippen molar-refractivity contribution in [1.82, 2.24) is 16.1 Å². The van der Waals surface area contributed by atoms with Gasteiger partial charge in [0.1, 0.15) is 19.0 Å². The first-order valence-electron chi connectivity index (χ1n) is 15.0. The Kier molecular flexibility index (Phi) is 12.1. The van der Waals surface area contributed by atoms with Crippen LogP contribution in [-0.2, 0) is 22.6 Å². The number of nitro groups is 1. The zero-order valence-corrected chi connectivity index (χ0v) is 26.7. The molecule has 14 heteroatoms. The van der Waals surface area contributed by atoms with E-state index >= 15 is 0 Å². The van der Waals surface area contributed by atoms with E-state index in [-0.39, 0.29) is 24.5 Å². The molecule has 0 saturated heterocycles. The van der Waals surface area contributed by atoms with Crippen molar-refractivity contribution in [3.8, 4) is 17.2 Å². The monoisotopic (exact) mass is 659 g/mol. The fraction of sp³-hybridized carbons (Fsp3) is 0.265. The summed E-state index contributed by atoms with van der Waals surface area (Å²) in [5.74, 6) is 0.743. The molecule has 1 heterocycles. The zero-order chi connectivity index (χ0) is 34.6. The SMILES string of the molecule is C=CCc1cc(/C=N\N[C@@H](O)COc2ccc([C@H]3NC(=O)NC(C)=C3C(=O)OC)cc2OCC)ccc1OCc1ccc([N+](=O)[O-])cc1. The number of hydrogen-bond donors (Lipinski definition) is 4. The summed E-state index contributed by atoms with van der Waals surface area (Å²) in [6, 6.07) is 15.4. The van der Waals surface area contributed by atoms with Crippen LogP contribution in [-0.4, -0.2) is 54.8 Å². The van der Waals surface area contributed by atoms with Crippen molar-refractivity contribution in [2.24, 2.45) is 5.10 Å². The smallest absolute Gasteiger partial charge is 0.337 e. The predicted octanol–water partition coefficient (Wildman–Crippen LogP) is 4.42. The van der Waals surface area contributed by atoms with Gasteiger partial charge in [-0.2, -0.15) is 5.10 Å². The summed E-state index contributed by atoms with van der Waals surface area (Å²) in [5.41, 5.74) is 6.23. The highest BCUT2D eigenvalue weighted by Crippen LogP contribution is 2.35. The average molecular weight is 660 g/mol. The van der Waals surface area contributed by atoms with Gasteiger partial charge in [0.05, 0.1) is 36.5 Å². The Labute approximate surface area is 277 Å². The highest BCUT2D eigenvalue weighted by Gasteiger charge is 2.32. The maximum atomic E-state index is 12.5. The van der Waals surface area contributed by atoms with Gasteiger partial charge in [0.2, 0.25) is 0 Å². The summed E-state index contributed by atoms with van der Waals surface area (Å²) >= 11 is 0. The van der Waals surface area contributed by atoms with E-state index in [1.54, 1.807) is 62.4 Å². The zero-order valence-electron chi connectivity index (χ0n) is 26.7. The van der Waals surface area contributed by atoms with Crippen LogP contribution in [0.5, 0.6) is 17.2 Å². The number of non-ortho nitro benzene ring substituents is 1. The van der Waals surface area contributed by atoms with Crippen LogP contribution in [0.3, 0.4) is 0 Å². The van der Waals surface area contributed by atoms with Gasteiger partial charge in [-0.3, -0.25) is 15.5 Å². The second-order valence-corrected chi connectivity index (χ2v) is 10.5. The summed E-state index contributed by atoms with van der Waals surface area (Å²) in [7, 11) is 1.27. The van der Waals surface area contributed by atoms with Gasteiger partial charge in [-0.15, -0.1) is 6.58 Å². The van der Waals surface area contributed by atoms with Crippen molar-refractivity contribution in [2.45, 2.75) is 39.1 Å². The number of rotatable bonds is 16. The molecule has 0 fully saturated rings. The highest BCUT2D eigenvalue weighted by molar-refractivity contribution is 5.95. The molecule has 0 aromatic heterocycles. The van der Waals surface area contributed by atoms with Crippen molar-refractivity contribution in [3.05, 3.63) is 117 Å². The molecule has 14 nitrogen and oxygen atoms in total. The molecule has 252 valence electrons. The normalized spacial score (nSPS) is 14.8. The Morgan fingerprint density at radius 1 is 1.10 bits per heavy atom. The molecule has 1 aliphatic rings. The summed E-state index contributed by atoms with van der Waals surface area (Å²) in [5, 5.41) is 30.8. The van der Waals surface area contributed by atoms with Gasteiger partial charge in [-0.25, -0.2) is 9.59 Å². The molecule has 2 amide bonds. The minimum atomic E-state index is -1.17. The predicted molar refractivity (Wildman–Crippen MR) is 177 cm³/mol. The van der Waals surface area contributed by atoms with E-state index in [0.717, 1.165) is 16.7 Å². The number of hydrogen-bond acceptors (Lipinski definition) is 11.